The van der Waals surface area contributed by atoms with Gasteiger partial charge in [0.05, 0.1) is 18.1 Å². The van der Waals surface area contributed by atoms with Gasteiger partial charge in [-0.25, -0.2) is 13.1 Å². The number of non-ortho nitro benzene ring substituents is 1. The molecule has 9 heteroatoms. The van der Waals surface area contributed by atoms with E-state index >= 15 is 0 Å². The Morgan fingerprint density at radius 3 is 2.45 bits per heavy atom. The van der Waals surface area contributed by atoms with Gasteiger partial charge in [-0.1, -0.05) is 13.8 Å². The molecule has 124 valence electrons. The quantitative estimate of drug-likeness (QED) is 0.539. The first-order valence-corrected chi connectivity index (χ1v) is 8.38. The molecule has 22 heavy (non-hydrogen) atoms. The summed E-state index contributed by atoms with van der Waals surface area (Å²) in [6, 6.07) is 3.41. The third-order valence-corrected chi connectivity index (χ3v) is 4.76. The largest absolute Gasteiger partial charge is 0.495 e. The lowest BCUT2D eigenvalue weighted by Crippen LogP contribution is -2.34. The van der Waals surface area contributed by atoms with Crippen LogP contribution in [0.1, 0.15) is 13.8 Å². The third kappa shape index (κ3) is 4.65. The summed E-state index contributed by atoms with van der Waals surface area (Å²) in [6.45, 7) is 6.50. The summed E-state index contributed by atoms with van der Waals surface area (Å²) < 4.78 is 32.0. The van der Waals surface area contributed by atoms with Crippen LogP contribution in [0, 0.1) is 10.1 Å². The Bertz CT molecular complexity index is 614. The molecule has 1 N–H and O–H groups in total. The molecule has 0 atom stereocenters. The minimum atomic E-state index is -3.78. The number of nitrogens with zero attached hydrogens (tertiary/aromatic N) is 2. The van der Waals surface area contributed by atoms with E-state index in [1.54, 1.807) is 0 Å². The van der Waals surface area contributed by atoms with Crippen molar-refractivity contribution in [2.24, 2.45) is 0 Å². The van der Waals surface area contributed by atoms with Gasteiger partial charge in [-0.05, 0) is 19.2 Å². The van der Waals surface area contributed by atoms with E-state index in [2.05, 4.69) is 9.62 Å². The summed E-state index contributed by atoms with van der Waals surface area (Å²) in [4.78, 5) is 12.1. The number of nitro benzene ring substituents is 1. The van der Waals surface area contributed by atoms with Gasteiger partial charge in [0.2, 0.25) is 10.0 Å². The van der Waals surface area contributed by atoms with E-state index in [4.69, 9.17) is 4.74 Å². The van der Waals surface area contributed by atoms with E-state index in [0.29, 0.717) is 6.54 Å². The second-order valence-electron chi connectivity index (χ2n) is 4.52. The van der Waals surface area contributed by atoms with Crippen LogP contribution in [-0.4, -0.2) is 51.5 Å². The summed E-state index contributed by atoms with van der Waals surface area (Å²) in [5.74, 6) is -0.0514. The summed E-state index contributed by atoms with van der Waals surface area (Å²) >= 11 is 0. The van der Waals surface area contributed by atoms with Gasteiger partial charge in [0.25, 0.3) is 5.69 Å². The Labute approximate surface area is 130 Å². The average Bonchev–Trinajstić information content (AvgIpc) is 2.50. The van der Waals surface area contributed by atoms with Crippen LogP contribution in [0.2, 0.25) is 0 Å². The highest BCUT2D eigenvalue weighted by Gasteiger charge is 2.22. The molecular weight excluding hydrogens is 310 g/mol. The second kappa shape index (κ2) is 8.06. The molecule has 0 spiro atoms. The van der Waals surface area contributed by atoms with Crippen LogP contribution >= 0.6 is 0 Å². The molecule has 0 aliphatic rings. The van der Waals surface area contributed by atoms with Crippen LogP contribution in [0.25, 0.3) is 0 Å². The van der Waals surface area contributed by atoms with E-state index < -0.39 is 14.9 Å². The van der Waals surface area contributed by atoms with Crippen molar-refractivity contribution in [3.05, 3.63) is 28.3 Å². The molecule has 0 amide bonds. The van der Waals surface area contributed by atoms with E-state index in [9.17, 15) is 18.5 Å². The van der Waals surface area contributed by atoms with Crippen molar-refractivity contribution in [1.82, 2.24) is 9.62 Å². The molecule has 1 aromatic rings. The molecule has 0 saturated carbocycles. The molecule has 8 nitrogen and oxygen atoms in total. The van der Waals surface area contributed by atoms with Gasteiger partial charge in [-0.15, -0.1) is 0 Å². The first-order chi connectivity index (χ1) is 10.4. The maximum absolute atomic E-state index is 12.3. The molecule has 1 aromatic carbocycles. The number of nitrogens with one attached hydrogen (secondary N) is 1. The van der Waals surface area contributed by atoms with Crippen LogP contribution in [0.5, 0.6) is 5.75 Å². The van der Waals surface area contributed by atoms with E-state index in [1.807, 2.05) is 13.8 Å². The van der Waals surface area contributed by atoms with Crippen molar-refractivity contribution < 1.29 is 18.1 Å². The number of rotatable bonds is 9. The summed E-state index contributed by atoms with van der Waals surface area (Å²) in [5.41, 5.74) is -0.223. The lowest BCUT2D eigenvalue weighted by Gasteiger charge is -2.18. The van der Waals surface area contributed by atoms with Crippen LogP contribution in [0.15, 0.2) is 23.1 Å². The minimum Gasteiger partial charge on any atom is -0.495 e. The number of hydrogen-bond acceptors (Lipinski definition) is 6. The van der Waals surface area contributed by atoms with Crippen molar-refractivity contribution in [1.29, 1.82) is 0 Å². The van der Waals surface area contributed by atoms with Crippen molar-refractivity contribution >= 4 is 15.7 Å². The Kier molecular flexibility index (Phi) is 6.72. The number of sulfonamides is 1. The topological polar surface area (TPSA) is 102 Å². The van der Waals surface area contributed by atoms with Gasteiger partial charge in [0, 0.05) is 19.2 Å². The highest BCUT2D eigenvalue weighted by molar-refractivity contribution is 7.89. The Morgan fingerprint density at radius 1 is 1.32 bits per heavy atom. The number of nitro groups is 1. The predicted octanol–water partition coefficient (Wildman–Crippen LogP) is 1.22. The summed E-state index contributed by atoms with van der Waals surface area (Å²) in [5, 5.41) is 10.7. The molecule has 0 radical (unpaired) electrons. The Morgan fingerprint density at radius 2 is 1.95 bits per heavy atom. The number of ether oxygens (including phenoxy) is 1. The molecule has 0 aromatic heterocycles. The van der Waals surface area contributed by atoms with Crippen molar-refractivity contribution in [3.8, 4) is 5.75 Å². The zero-order valence-electron chi connectivity index (χ0n) is 12.9. The maximum Gasteiger partial charge on any atom is 0.273 e. The number of hydrogen-bond donors (Lipinski definition) is 1. The molecule has 0 bridgehead atoms. The second-order valence-corrected chi connectivity index (χ2v) is 6.25. The normalized spacial score (nSPS) is 11.6. The van der Waals surface area contributed by atoms with Crippen molar-refractivity contribution in [3.63, 3.8) is 0 Å². The fourth-order valence-electron chi connectivity index (χ4n) is 1.95. The molecule has 0 heterocycles. The molecule has 0 fully saturated rings. The van der Waals surface area contributed by atoms with Crippen LogP contribution in [-0.2, 0) is 10.0 Å². The van der Waals surface area contributed by atoms with E-state index in [1.165, 1.54) is 13.2 Å². The van der Waals surface area contributed by atoms with Gasteiger partial charge in [0.1, 0.15) is 10.6 Å². The highest BCUT2D eigenvalue weighted by Crippen LogP contribution is 2.28. The SMILES string of the molecule is CCN(CC)CCNS(=O)(=O)c1ccc([N+](=O)[O-])cc1OC. The monoisotopic (exact) mass is 331 g/mol. The summed E-state index contributed by atoms with van der Waals surface area (Å²) in [6.07, 6.45) is 0. The van der Waals surface area contributed by atoms with Crippen LogP contribution < -0.4 is 9.46 Å². The predicted molar refractivity (Wildman–Crippen MR) is 82.6 cm³/mol. The molecule has 1 rings (SSSR count). The Balaban J connectivity index is 2.91. The molecular formula is C13H21N3O5S. The lowest BCUT2D eigenvalue weighted by atomic mass is 10.3. The number of likely N-dealkylation sites (N-methyl/N-ethyl adjacent to an activating group) is 1. The summed E-state index contributed by atoms with van der Waals surface area (Å²) in [7, 11) is -2.51. The Hall–Kier alpha value is -1.71. The van der Waals surface area contributed by atoms with Crippen molar-refractivity contribution in [2.75, 3.05) is 33.3 Å². The smallest absolute Gasteiger partial charge is 0.273 e. The fraction of sp³-hybridized carbons (Fsp3) is 0.538. The molecule has 0 unspecified atom stereocenters. The number of benzene rings is 1. The van der Waals surface area contributed by atoms with E-state index in [-0.39, 0.29) is 22.9 Å². The minimum absolute atomic E-state index is 0.0514. The van der Waals surface area contributed by atoms with Crippen LogP contribution in [0.3, 0.4) is 0 Å². The standard InChI is InChI=1S/C13H21N3O5S/c1-4-15(5-2)9-8-14-22(19,20)13-7-6-11(16(17)18)10-12(13)21-3/h6-7,10,14H,4-5,8-9H2,1-3H3. The van der Waals surface area contributed by atoms with Gasteiger partial charge >= 0.3 is 0 Å². The molecule has 0 saturated heterocycles. The number of methoxy groups -OCH3 is 1. The van der Waals surface area contributed by atoms with Crippen LogP contribution in [0.4, 0.5) is 5.69 Å². The zero-order valence-corrected chi connectivity index (χ0v) is 13.7. The van der Waals surface area contributed by atoms with E-state index in [0.717, 1.165) is 25.2 Å². The zero-order chi connectivity index (χ0) is 16.8. The van der Waals surface area contributed by atoms with Gasteiger partial charge in [-0.3, -0.25) is 10.1 Å². The van der Waals surface area contributed by atoms with Gasteiger partial charge in [0.15, 0.2) is 0 Å². The van der Waals surface area contributed by atoms with Crippen molar-refractivity contribution in [2.45, 2.75) is 18.7 Å². The third-order valence-electron chi connectivity index (χ3n) is 3.26. The maximum atomic E-state index is 12.3. The van der Waals surface area contributed by atoms with Gasteiger partial charge < -0.3 is 9.64 Å². The molecule has 0 aliphatic carbocycles. The highest BCUT2D eigenvalue weighted by atomic mass is 32.2. The molecule has 0 aliphatic heterocycles. The lowest BCUT2D eigenvalue weighted by molar-refractivity contribution is -0.385. The fourth-order valence-corrected chi connectivity index (χ4v) is 3.12. The first-order valence-electron chi connectivity index (χ1n) is 6.90. The van der Waals surface area contributed by atoms with Gasteiger partial charge in [-0.2, -0.15) is 0 Å². The average molecular weight is 331 g/mol. The first kappa shape index (κ1) is 18.3.